The molecule has 2 unspecified atom stereocenters. The third-order valence-electron chi connectivity index (χ3n) is 12.7. The SMILES string of the molecule is CC(C)Oc1ccc(C(O)C[C@H](CCO)Cc2ccc(-c3cn(C)c(C(C)(C)C)n3)cc2)cc1Cl.CC(C)Oc1ccc(C(O)C[C@H](CCO)Cc2ccc(Br)cc2)cc1Cl.Cn1c[c]([Sn]([CH3])([CH3])[CH3])nc1C(C)(C)C. The van der Waals surface area contributed by atoms with Crippen LogP contribution in [-0.2, 0) is 37.8 Å². The first kappa shape index (κ1) is 64.1. The van der Waals surface area contributed by atoms with E-state index in [2.05, 4.69) is 137 Å². The molecule has 0 aliphatic rings. The number of halogens is 3. The maximum absolute atomic E-state index is 10.9. The van der Waals surface area contributed by atoms with Crippen LogP contribution in [0.2, 0.25) is 24.9 Å². The Morgan fingerprint density at radius 1 is 0.600 bits per heavy atom. The fourth-order valence-electron chi connectivity index (χ4n) is 8.95. The number of aryl methyl sites for hydroxylation is 2. The van der Waals surface area contributed by atoms with Gasteiger partial charge in [-0.25, -0.2) is 4.98 Å². The van der Waals surface area contributed by atoms with Gasteiger partial charge >= 0.3 is 91.7 Å². The van der Waals surface area contributed by atoms with Gasteiger partial charge in [0.25, 0.3) is 0 Å². The molecule has 10 nitrogen and oxygen atoms in total. The van der Waals surface area contributed by atoms with Crippen molar-refractivity contribution in [1.82, 2.24) is 19.1 Å². The Morgan fingerprint density at radius 2 is 1.00 bits per heavy atom. The van der Waals surface area contributed by atoms with E-state index in [1.165, 1.54) is 20.7 Å². The molecular formula is C61H87BrCl2N4O6Sn. The van der Waals surface area contributed by atoms with Crippen molar-refractivity contribution in [2.75, 3.05) is 13.2 Å². The summed E-state index contributed by atoms with van der Waals surface area (Å²) in [6.07, 6.45) is 7.04. The summed E-state index contributed by atoms with van der Waals surface area (Å²) in [5.41, 5.74) is 6.08. The van der Waals surface area contributed by atoms with Gasteiger partial charge in [-0.05, 0) is 137 Å². The van der Waals surface area contributed by atoms with E-state index in [1.807, 2.05) is 65.1 Å². The Kier molecular flexibility index (Phi) is 24.8. The van der Waals surface area contributed by atoms with Crippen LogP contribution in [0.25, 0.3) is 11.3 Å². The third-order valence-corrected chi connectivity index (χ3v) is 18.9. The van der Waals surface area contributed by atoms with Crippen molar-refractivity contribution >= 4 is 61.2 Å². The van der Waals surface area contributed by atoms with E-state index < -0.39 is 30.6 Å². The van der Waals surface area contributed by atoms with Crippen molar-refractivity contribution in [2.45, 2.75) is 158 Å². The van der Waals surface area contributed by atoms with Gasteiger partial charge in [-0.3, -0.25) is 0 Å². The first-order chi connectivity index (χ1) is 35.0. The Bertz CT molecular complexity index is 2670. The molecule has 0 spiro atoms. The number of benzene rings is 4. The average Bonchev–Trinajstić information content (AvgIpc) is 3.92. The quantitative estimate of drug-likeness (QED) is 0.0555. The number of imidazole rings is 2. The minimum atomic E-state index is -1.97. The minimum absolute atomic E-state index is 0.0166. The number of hydrogen-bond acceptors (Lipinski definition) is 8. The molecule has 0 saturated heterocycles. The normalized spacial score (nSPS) is 13.7. The molecule has 0 fully saturated rings. The maximum atomic E-state index is 10.9. The molecule has 0 radical (unpaired) electrons. The Balaban J connectivity index is 0.000000266. The zero-order valence-electron chi connectivity index (χ0n) is 47.4. The van der Waals surface area contributed by atoms with Crippen molar-refractivity contribution in [3.8, 4) is 22.8 Å². The van der Waals surface area contributed by atoms with Crippen LogP contribution in [0.1, 0.15) is 141 Å². The summed E-state index contributed by atoms with van der Waals surface area (Å²) in [4.78, 5) is 16.9. The van der Waals surface area contributed by atoms with Crippen molar-refractivity contribution in [1.29, 1.82) is 0 Å². The van der Waals surface area contributed by atoms with Crippen LogP contribution in [0.3, 0.4) is 0 Å². The molecule has 4 N–H and O–H groups in total. The second-order valence-corrected chi connectivity index (χ2v) is 39.6. The number of aromatic nitrogens is 4. The molecule has 0 bridgehead atoms. The summed E-state index contributed by atoms with van der Waals surface area (Å²) >= 11 is 14.1. The molecule has 412 valence electrons. The van der Waals surface area contributed by atoms with Crippen LogP contribution in [0.4, 0.5) is 0 Å². The fourth-order valence-corrected chi connectivity index (χ4v) is 12.6. The first-order valence-electron chi connectivity index (χ1n) is 26.4. The molecular weight excluding hydrogens is 1150 g/mol. The number of nitrogens with zero attached hydrogens (tertiary/aromatic N) is 4. The summed E-state index contributed by atoms with van der Waals surface area (Å²) in [6.45, 7) is 21.1. The van der Waals surface area contributed by atoms with E-state index >= 15 is 0 Å². The molecule has 0 amide bonds. The summed E-state index contributed by atoms with van der Waals surface area (Å²) in [6, 6.07) is 27.4. The van der Waals surface area contributed by atoms with Gasteiger partial charge in [-0.2, -0.15) is 0 Å². The number of aliphatic hydroxyl groups excluding tert-OH is 4. The average molecular weight is 1240 g/mol. The molecule has 14 heteroatoms. The van der Waals surface area contributed by atoms with Gasteiger partial charge in [0, 0.05) is 41.9 Å². The number of aliphatic hydroxyl groups is 4. The van der Waals surface area contributed by atoms with E-state index in [4.69, 9.17) is 42.6 Å². The standard InChI is InChI=1S/C29H39ClN2O3.C21H26BrClO3.C8H13N2.3CH3.Sn/c1-19(2)35-27-12-11-23(17-24(27)30)26(34)16-21(13-14-33)15-20-7-9-22(10-8-20)25-18-32(6)28(31-25)29(3,4)5;1-14(2)26-21-8-5-17(13-19(21)23)20(25)12-16(9-10-24)11-15-3-6-18(22)7-4-15;1-8(2,3)7-9-5-6-10(7)4;;;;/h7-12,17-19,21,26,33-34H,13-16H2,1-6H3;3-8,13-14,16,20,24-25H,9-12H2,1-2H3;6H,1-4H3;3*1H3;/t21-,26?;16-,20?;;;;;/m11...../s1. The van der Waals surface area contributed by atoms with E-state index in [9.17, 15) is 20.4 Å². The van der Waals surface area contributed by atoms with Gasteiger partial charge in [-0.15, -0.1) is 0 Å². The molecule has 4 atom stereocenters. The van der Waals surface area contributed by atoms with Gasteiger partial charge in [0.05, 0.1) is 40.2 Å². The Hall–Kier alpha value is -3.40. The molecule has 0 aliphatic heterocycles. The molecule has 75 heavy (non-hydrogen) atoms. The van der Waals surface area contributed by atoms with Crippen LogP contribution in [-0.4, -0.2) is 83.3 Å². The van der Waals surface area contributed by atoms with Gasteiger partial charge in [0.15, 0.2) is 0 Å². The molecule has 2 aromatic heterocycles. The summed E-state index contributed by atoms with van der Waals surface area (Å²) in [5.74, 6) is 3.82. The van der Waals surface area contributed by atoms with Crippen molar-refractivity contribution in [3.63, 3.8) is 0 Å². The third kappa shape index (κ3) is 20.7. The first-order valence-corrected chi connectivity index (χ1v) is 37.9. The summed E-state index contributed by atoms with van der Waals surface area (Å²) in [7, 11) is 4.14. The van der Waals surface area contributed by atoms with E-state index in [1.54, 1.807) is 18.2 Å². The molecule has 4 aromatic carbocycles. The number of ether oxygens (including phenoxy) is 2. The van der Waals surface area contributed by atoms with Crippen LogP contribution < -0.4 is 13.2 Å². The topological polar surface area (TPSA) is 135 Å². The molecule has 0 aliphatic carbocycles. The van der Waals surface area contributed by atoms with Crippen LogP contribution in [0.5, 0.6) is 11.5 Å². The Labute approximate surface area is 472 Å². The molecule has 6 aromatic rings. The van der Waals surface area contributed by atoms with Crippen LogP contribution in [0.15, 0.2) is 102 Å². The van der Waals surface area contributed by atoms with E-state index in [-0.39, 0.29) is 48.1 Å². The molecule has 2 heterocycles. The second kappa shape index (κ2) is 29.0. The van der Waals surface area contributed by atoms with Crippen molar-refractivity contribution in [2.24, 2.45) is 25.9 Å². The zero-order chi connectivity index (χ0) is 56.0. The predicted molar refractivity (Wildman–Crippen MR) is 318 cm³/mol. The van der Waals surface area contributed by atoms with Crippen LogP contribution in [0, 0.1) is 11.8 Å². The van der Waals surface area contributed by atoms with Crippen molar-refractivity contribution < 1.29 is 29.9 Å². The van der Waals surface area contributed by atoms with E-state index in [0.29, 0.717) is 47.2 Å². The molecule has 6 rings (SSSR count). The van der Waals surface area contributed by atoms with E-state index in [0.717, 1.165) is 45.5 Å². The predicted octanol–water partition coefficient (Wildman–Crippen LogP) is 14.3. The van der Waals surface area contributed by atoms with Crippen molar-refractivity contribution in [3.05, 3.63) is 146 Å². The Morgan fingerprint density at radius 3 is 1.33 bits per heavy atom. The molecule has 0 saturated carbocycles. The van der Waals surface area contributed by atoms with Gasteiger partial charge in [-0.1, -0.05) is 108 Å². The fraction of sp³-hybridized carbons (Fsp3) is 0.508. The summed E-state index contributed by atoms with van der Waals surface area (Å²) < 4.78 is 18.0. The number of hydrogen-bond donors (Lipinski definition) is 4. The van der Waals surface area contributed by atoms with Crippen LogP contribution >= 0.6 is 39.1 Å². The zero-order valence-corrected chi connectivity index (χ0v) is 53.3. The second-order valence-electron chi connectivity index (χ2n) is 23.6. The summed E-state index contributed by atoms with van der Waals surface area (Å²) in [5, 5.41) is 41.5. The van der Waals surface area contributed by atoms with Gasteiger partial charge in [0.1, 0.15) is 17.3 Å². The monoisotopic (exact) mass is 1240 g/mol. The van der Waals surface area contributed by atoms with Gasteiger partial charge < -0.3 is 34.5 Å². The van der Waals surface area contributed by atoms with Gasteiger partial charge in [0.2, 0.25) is 0 Å². The number of rotatable bonds is 20.